The van der Waals surface area contributed by atoms with Crippen LogP contribution in [0.3, 0.4) is 0 Å². The molecule has 0 aromatic heterocycles. The van der Waals surface area contributed by atoms with E-state index in [2.05, 4.69) is 5.32 Å². The van der Waals surface area contributed by atoms with E-state index in [1.807, 2.05) is 4.90 Å². The summed E-state index contributed by atoms with van der Waals surface area (Å²) in [4.78, 5) is 39.2. The minimum absolute atomic E-state index is 0.103. The first-order chi connectivity index (χ1) is 11.4. The minimum atomic E-state index is -0.925. The molecule has 0 bridgehead atoms. The maximum atomic E-state index is 11.8. The van der Waals surface area contributed by atoms with Crippen molar-refractivity contribution in [1.82, 2.24) is 20.0 Å². The molecule has 0 aromatic carbocycles. The second-order valence-electron chi connectivity index (χ2n) is 5.75. The van der Waals surface area contributed by atoms with Crippen molar-refractivity contribution in [2.24, 2.45) is 5.73 Å². The summed E-state index contributed by atoms with van der Waals surface area (Å²) in [5, 5.41) is 20.7. The number of carbonyl (C=O) groups excluding carboxylic acids is 1. The molecule has 1 amide bonds. The average Bonchev–Trinajstić information content (AvgIpc) is 2.58. The lowest BCUT2D eigenvalue weighted by Gasteiger charge is -2.24. The molecule has 1 rings (SSSR count). The van der Waals surface area contributed by atoms with Gasteiger partial charge in [0.1, 0.15) is 0 Å². The first-order valence-corrected chi connectivity index (χ1v) is 7.98. The molecular formula is C14H27N5O5. The topological polar surface area (TPSA) is 139 Å². The highest BCUT2D eigenvalue weighted by molar-refractivity contribution is 5.78. The molecule has 1 aliphatic heterocycles. The van der Waals surface area contributed by atoms with Gasteiger partial charge in [0.05, 0.1) is 19.6 Å². The number of nitrogens with two attached hydrogens (primary N) is 1. The Bertz CT molecular complexity index is 406. The van der Waals surface area contributed by atoms with Gasteiger partial charge in [0.25, 0.3) is 0 Å². The van der Waals surface area contributed by atoms with Gasteiger partial charge in [0, 0.05) is 52.4 Å². The Morgan fingerprint density at radius 3 is 1.50 bits per heavy atom. The van der Waals surface area contributed by atoms with Crippen LogP contribution >= 0.6 is 0 Å². The van der Waals surface area contributed by atoms with E-state index in [1.165, 1.54) is 0 Å². The van der Waals surface area contributed by atoms with E-state index in [0.717, 1.165) is 0 Å². The number of amides is 1. The number of carbonyl (C=O) groups is 3. The zero-order chi connectivity index (χ0) is 17.9. The standard InChI is InChI=1S/C14H27N5O5/c15-1-2-16-12(20)9-17-3-5-18(10-13(21)22)7-8-19(6-4-17)11-14(23)24/h1-11,15H2,(H,16,20)(H,21,22)(H,23,24). The fourth-order valence-corrected chi connectivity index (χ4v) is 2.51. The van der Waals surface area contributed by atoms with Gasteiger partial charge in [-0.15, -0.1) is 0 Å². The van der Waals surface area contributed by atoms with Crippen LogP contribution in [0.25, 0.3) is 0 Å². The van der Waals surface area contributed by atoms with Crippen LogP contribution < -0.4 is 11.1 Å². The van der Waals surface area contributed by atoms with Gasteiger partial charge in [-0.3, -0.25) is 29.1 Å². The maximum Gasteiger partial charge on any atom is 0.317 e. The van der Waals surface area contributed by atoms with E-state index in [-0.39, 0.29) is 25.5 Å². The van der Waals surface area contributed by atoms with Gasteiger partial charge < -0.3 is 21.3 Å². The van der Waals surface area contributed by atoms with Crippen LogP contribution in [-0.2, 0) is 14.4 Å². The van der Waals surface area contributed by atoms with Crippen molar-refractivity contribution in [2.45, 2.75) is 0 Å². The third-order valence-corrected chi connectivity index (χ3v) is 3.75. The molecule has 10 heteroatoms. The summed E-state index contributed by atoms with van der Waals surface area (Å²) >= 11 is 0. The van der Waals surface area contributed by atoms with Gasteiger partial charge in [-0.2, -0.15) is 0 Å². The maximum absolute atomic E-state index is 11.8. The molecule has 5 N–H and O–H groups in total. The number of hydrogen-bond donors (Lipinski definition) is 4. The Morgan fingerprint density at radius 2 is 1.17 bits per heavy atom. The molecule has 24 heavy (non-hydrogen) atoms. The van der Waals surface area contributed by atoms with Crippen molar-refractivity contribution >= 4 is 17.8 Å². The molecule has 1 heterocycles. The summed E-state index contributed by atoms with van der Waals surface area (Å²) in [6, 6.07) is 0. The van der Waals surface area contributed by atoms with Gasteiger partial charge in [-0.05, 0) is 0 Å². The zero-order valence-electron chi connectivity index (χ0n) is 13.8. The molecule has 138 valence electrons. The predicted molar refractivity (Wildman–Crippen MR) is 86.7 cm³/mol. The number of rotatable bonds is 8. The highest BCUT2D eigenvalue weighted by Gasteiger charge is 2.20. The average molecular weight is 345 g/mol. The largest absolute Gasteiger partial charge is 0.480 e. The van der Waals surface area contributed by atoms with Crippen LogP contribution in [0.15, 0.2) is 0 Å². The van der Waals surface area contributed by atoms with Gasteiger partial charge in [-0.25, -0.2) is 0 Å². The second-order valence-corrected chi connectivity index (χ2v) is 5.75. The Labute approximate surface area is 141 Å². The van der Waals surface area contributed by atoms with Crippen LogP contribution in [0.2, 0.25) is 0 Å². The van der Waals surface area contributed by atoms with Crippen LogP contribution in [0, 0.1) is 0 Å². The SMILES string of the molecule is NCCNC(=O)CN1CCN(CC(=O)O)CCN(CC(=O)O)CC1. The third-order valence-electron chi connectivity index (χ3n) is 3.75. The van der Waals surface area contributed by atoms with Gasteiger partial charge in [0.15, 0.2) is 0 Å². The van der Waals surface area contributed by atoms with Gasteiger partial charge >= 0.3 is 11.9 Å². The van der Waals surface area contributed by atoms with Crippen molar-refractivity contribution in [2.75, 3.05) is 72.0 Å². The van der Waals surface area contributed by atoms with Crippen LogP contribution in [0.1, 0.15) is 0 Å². The molecular weight excluding hydrogens is 318 g/mol. The molecule has 1 fully saturated rings. The quantitative estimate of drug-likeness (QED) is 0.366. The van der Waals surface area contributed by atoms with E-state index in [9.17, 15) is 14.4 Å². The fourth-order valence-electron chi connectivity index (χ4n) is 2.51. The number of nitrogens with one attached hydrogen (secondary N) is 1. The summed E-state index contributed by atoms with van der Waals surface area (Å²) in [6.07, 6.45) is 0. The summed E-state index contributed by atoms with van der Waals surface area (Å²) in [5.74, 6) is -1.99. The van der Waals surface area contributed by atoms with Crippen molar-refractivity contribution < 1.29 is 24.6 Å². The summed E-state index contributed by atoms with van der Waals surface area (Å²) < 4.78 is 0. The molecule has 0 saturated carbocycles. The van der Waals surface area contributed by atoms with Crippen molar-refractivity contribution in [1.29, 1.82) is 0 Å². The Morgan fingerprint density at radius 1 is 0.792 bits per heavy atom. The first kappa shape index (κ1) is 20.3. The van der Waals surface area contributed by atoms with Crippen molar-refractivity contribution in [3.8, 4) is 0 Å². The van der Waals surface area contributed by atoms with Crippen LogP contribution in [0.5, 0.6) is 0 Å². The zero-order valence-corrected chi connectivity index (χ0v) is 13.8. The highest BCUT2D eigenvalue weighted by atomic mass is 16.4. The summed E-state index contributed by atoms with van der Waals surface area (Å²) in [6.45, 7) is 3.82. The van der Waals surface area contributed by atoms with Crippen molar-refractivity contribution in [3.63, 3.8) is 0 Å². The number of carboxylic acid groups (broad SMARTS) is 2. The molecule has 10 nitrogen and oxygen atoms in total. The van der Waals surface area contributed by atoms with E-state index >= 15 is 0 Å². The summed E-state index contributed by atoms with van der Waals surface area (Å²) in [5.41, 5.74) is 5.35. The molecule has 1 saturated heterocycles. The number of nitrogens with zero attached hydrogens (tertiary/aromatic N) is 3. The lowest BCUT2D eigenvalue weighted by atomic mass is 10.4. The lowest BCUT2D eigenvalue weighted by Crippen LogP contribution is -2.44. The Hall–Kier alpha value is -1.75. The Balaban J connectivity index is 2.66. The smallest absolute Gasteiger partial charge is 0.317 e. The fraction of sp³-hybridized carbons (Fsp3) is 0.786. The van der Waals surface area contributed by atoms with Crippen molar-refractivity contribution in [3.05, 3.63) is 0 Å². The van der Waals surface area contributed by atoms with Gasteiger partial charge in [-0.1, -0.05) is 0 Å². The lowest BCUT2D eigenvalue weighted by molar-refractivity contribution is -0.140. The second kappa shape index (κ2) is 10.9. The molecule has 0 aromatic rings. The third kappa shape index (κ3) is 8.77. The van der Waals surface area contributed by atoms with Crippen LogP contribution in [0.4, 0.5) is 0 Å². The van der Waals surface area contributed by atoms with Gasteiger partial charge in [0.2, 0.25) is 5.91 Å². The molecule has 0 spiro atoms. The number of hydrogen-bond acceptors (Lipinski definition) is 7. The number of carboxylic acids is 2. The molecule has 1 aliphatic rings. The predicted octanol–water partition coefficient (Wildman–Crippen LogP) is -2.85. The molecule has 0 radical (unpaired) electrons. The van der Waals surface area contributed by atoms with Crippen LogP contribution in [-0.4, -0.2) is 115 Å². The molecule has 0 aliphatic carbocycles. The Kier molecular flexibility index (Phi) is 9.23. The summed E-state index contributed by atoms with van der Waals surface area (Å²) in [7, 11) is 0. The highest BCUT2D eigenvalue weighted by Crippen LogP contribution is 2.01. The number of aliphatic carboxylic acids is 2. The molecule has 0 atom stereocenters. The monoisotopic (exact) mass is 345 g/mol. The van der Waals surface area contributed by atoms with E-state index < -0.39 is 11.9 Å². The normalized spacial score (nSPS) is 18.4. The molecule has 0 unspecified atom stereocenters. The minimum Gasteiger partial charge on any atom is -0.480 e. The van der Waals surface area contributed by atoms with E-state index in [0.29, 0.717) is 52.4 Å². The van der Waals surface area contributed by atoms with E-state index in [4.69, 9.17) is 15.9 Å². The van der Waals surface area contributed by atoms with E-state index in [1.54, 1.807) is 9.80 Å². The first-order valence-electron chi connectivity index (χ1n) is 7.98.